The second kappa shape index (κ2) is 10.5. The van der Waals surface area contributed by atoms with E-state index in [2.05, 4.69) is 17.0 Å². The summed E-state index contributed by atoms with van der Waals surface area (Å²) >= 11 is 0. The van der Waals surface area contributed by atoms with E-state index >= 15 is 0 Å². The van der Waals surface area contributed by atoms with Crippen molar-refractivity contribution in [3.63, 3.8) is 0 Å². The third kappa shape index (κ3) is 5.69. The van der Waals surface area contributed by atoms with Crippen LogP contribution in [0, 0.1) is 0 Å². The summed E-state index contributed by atoms with van der Waals surface area (Å²) in [6, 6.07) is 15.8. The average Bonchev–Trinajstić information content (AvgIpc) is 3.26. The minimum atomic E-state index is -3.81. The Morgan fingerprint density at radius 3 is 2.56 bits per heavy atom. The van der Waals surface area contributed by atoms with Gasteiger partial charge in [0, 0.05) is 26.1 Å². The van der Waals surface area contributed by atoms with Gasteiger partial charge in [0.15, 0.2) is 0 Å². The van der Waals surface area contributed by atoms with Gasteiger partial charge in [0.2, 0.25) is 15.8 Å². The molecule has 1 aromatic heterocycles. The monoisotopic (exact) mass is 483 g/mol. The molecule has 2 heterocycles. The highest BCUT2D eigenvalue weighted by Crippen LogP contribution is 2.19. The Hall–Kier alpha value is -3.08. The highest BCUT2D eigenvalue weighted by Gasteiger charge is 2.28. The molecule has 180 valence electrons. The van der Waals surface area contributed by atoms with E-state index in [1.165, 1.54) is 12.1 Å². The summed E-state index contributed by atoms with van der Waals surface area (Å²) in [5.41, 5.74) is 1.61. The number of likely N-dealkylation sites (tertiary alicyclic amines) is 1. The van der Waals surface area contributed by atoms with Gasteiger partial charge in [-0.3, -0.25) is 4.79 Å². The first-order valence-corrected chi connectivity index (χ1v) is 12.9. The average molecular weight is 484 g/mol. The highest BCUT2D eigenvalue weighted by atomic mass is 32.2. The molecule has 0 aliphatic carbocycles. The maximum absolute atomic E-state index is 13.3. The van der Waals surface area contributed by atoms with Gasteiger partial charge >= 0.3 is 0 Å². The van der Waals surface area contributed by atoms with Crippen molar-refractivity contribution in [2.75, 3.05) is 19.7 Å². The van der Waals surface area contributed by atoms with Crippen molar-refractivity contribution >= 4 is 15.9 Å². The summed E-state index contributed by atoms with van der Waals surface area (Å²) in [6.07, 6.45) is 3.21. The lowest BCUT2D eigenvalue weighted by molar-refractivity contribution is 0.00172. The standard InChI is InChI=1S/C24H29N5O4S/c1-2-15-33-20-9-6-14-28(17-20)24(30)23-26-22(16-18-7-4-3-5-8-18)29(27-23)19-10-12-21(13-11-19)34(25,31)32/h3-5,7-8,10-13,20H,2,6,9,14-17H2,1H3,(H2,25,31,32). The second-order valence-corrected chi connectivity index (χ2v) is 9.91. The first-order valence-electron chi connectivity index (χ1n) is 11.4. The Labute approximate surface area is 199 Å². The molecule has 0 spiro atoms. The van der Waals surface area contributed by atoms with Gasteiger partial charge in [-0.15, -0.1) is 5.10 Å². The highest BCUT2D eigenvalue weighted by molar-refractivity contribution is 7.89. The number of hydrogen-bond acceptors (Lipinski definition) is 6. The van der Waals surface area contributed by atoms with Crippen molar-refractivity contribution in [1.29, 1.82) is 0 Å². The third-order valence-electron chi connectivity index (χ3n) is 5.70. The molecule has 1 atom stereocenters. The maximum Gasteiger partial charge on any atom is 0.293 e. The fourth-order valence-electron chi connectivity index (χ4n) is 4.00. The van der Waals surface area contributed by atoms with E-state index in [4.69, 9.17) is 9.88 Å². The summed E-state index contributed by atoms with van der Waals surface area (Å²) in [5, 5.41) is 9.75. The normalized spacial score (nSPS) is 16.5. The molecule has 34 heavy (non-hydrogen) atoms. The topological polar surface area (TPSA) is 120 Å². The number of piperidine rings is 1. The summed E-state index contributed by atoms with van der Waals surface area (Å²) in [4.78, 5) is 19.6. The van der Waals surface area contributed by atoms with Crippen LogP contribution in [0.3, 0.4) is 0 Å². The summed E-state index contributed by atoms with van der Waals surface area (Å²) < 4.78 is 30.7. The van der Waals surface area contributed by atoms with Crippen LogP contribution >= 0.6 is 0 Å². The molecule has 2 N–H and O–H groups in total. The van der Waals surface area contributed by atoms with Crippen LogP contribution < -0.4 is 5.14 Å². The lowest BCUT2D eigenvalue weighted by Crippen LogP contribution is -2.43. The fourth-order valence-corrected chi connectivity index (χ4v) is 4.51. The van der Waals surface area contributed by atoms with Crippen LogP contribution in [0.25, 0.3) is 5.69 Å². The fraction of sp³-hybridized carbons (Fsp3) is 0.375. The largest absolute Gasteiger partial charge is 0.376 e. The number of sulfonamides is 1. The van der Waals surface area contributed by atoms with Gasteiger partial charge in [0.25, 0.3) is 5.91 Å². The number of primary sulfonamides is 1. The van der Waals surface area contributed by atoms with Crippen LogP contribution in [0.15, 0.2) is 59.5 Å². The Morgan fingerprint density at radius 2 is 1.88 bits per heavy atom. The number of ether oxygens (including phenoxy) is 1. The third-order valence-corrected chi connectivity index (χ3v) is 6.63. The molecule has 1 unspecified atom stereocenters. The molecule has 2 aromatic carbocycles. The van der Waals surface area contributed by atoms with Crippen LogP contribution in [0.1, 0.15) is 48.2 Å². The molecular formula is C24H29N5O4S. The molecule has 9 nitrogen and oxygen atoms in total. The van der Waals surface area contributed by atoms with Crippen LogP contribution in [-0.2, 0) is 21.2 Å². The molecule has 4 rings (SSSR count). The van der Waals surface area contributed by atoms with Crippen molar-refractivity contribution in [3.05, 3.63) is 71.8 Å². The van der Waals surface area contributed by atoms with E-state index in [0.717, 1.165) is 24.8 Å². The van der Waals surface area contributed by atoms with Crippen molar-refractivity contribution in [2.24, 2.45) is 5.14 Å². The predicted molar refractivity (Wildman–Crippen MR) is 127 cm³/mol. The van der Waals surface area contributed by atoms with Crippen molar-refractivity contribution in [3.8, 4) is 5.69 Å². The van der Waals surface area contributed by atoms with Crippen molar-refractivity contribution in [1.82, 2.24) is 19.7 Å². The second-order valence-electron chi connectivity index (χ2n) is 8.35. The van der Waals surface area contributed by atoms with Gasteiger partial charge < -0.3 is 9.64 Å². The minimum Gasteiger partial charge on any atom is -0.376 e. The van der Waals surface area contributed by atoms with Crippen molar-refractivity contribution in [2.45, 2.75) is 43.6 Å². The van der Waals surface area contributed by atoms with Crippen LogP contribution in [-0.4, -0.2) is 59.8 Å². The van der Waals surface area contributed by atoms with Crippen LogP contribution in [0.4, 0.5) is 0 Å². The number of carbonyl (C=O) groups excluding carboxylic acids is 1. The Balaban J connectivity index is 1.64. The summed E-state index contributed by atoms with van der Waals surface area (Å²) in [7, 11) is -3.81. The molecule has 0 radical (unpaired) electrons. The van der Waals surface area contributed by atoms with Gasteiger partial charge in [-0.25, -0.2) is 23.2 Å². The molecule has 1 saturated heterocycles. The molecule has 10 heteroatoms. The number of hydrogen-bond donors (Lipinski definition) is 1. The maximum atomic E-state index is 13.3. The van der Waals surface area contributed by atoms with Crippen molar-refractivity contribution < 1.29 is 17.9 Å². The number of amides is 1. The zero-order chi connectivity index (χ0) is 24.1. The molecular weight excluding hydrogens is 454 g/mol. The van der Waals surface area contributed by atoms with Gasteiger partial charge in [-0.05, 0) is 49.1 Å². The van der Waals surface area contributed by atoms with E-state index in [0.29, 0.717) is 37.6 Å². The number of nitrogens with zero attached hydrogens (tertiary/aromatic N) is 4. The first kappa shape index (κ1) is 24.1. The zero-order valence-electron chi connectivity index (χ0n) is 19.1. The lowest BCUT2D eigenvalue weighted by Gasteiger charge is -2.31. The van der Waals surface area contributed by atoms with E-state index in [1.54, 1.807) is 21.7 Å². The number of benzene rings is 2. The summed E-state index contributed by atoms with van der Waals surface area (Å²) in [6.45, 7) is 3.89. The van der Waals surface area contributed by atoms with E-state index < -0.39 is 10.0 Å². The van der Waals surface area contributed by atoms with Crippen LogP contribution in [0.5, 0.6) is 0 Å². The first-order chi connectivity index (χ1) is 16.3. The summed E-state index contributed by atoms with van der Waals surface area (Å²) in [5.74, 6) is 0.449. The molecule has 0 bridgehead atoms. The van der Waals surface area contributed by atoms with Gasteiger partial charge in [0.05, 0.1) is 16.7 Å². The van der Waals surface area contributed by atoms with E-state index in [1.807, 2.05) is 30.3 Å². The Morgan fingerprint density at radius 1 is 1.15 bits per heavy atom. The molecule has 3 aromatic rings. The number of nitrogens with two attached hydrogens (primary N) is 1. The number of carbonyl (C=O) groups is 1. The quantitative estimate of drug-likeness (QED) is 0.526. The predicted octanol–water partition coefficient (Wildman–Crippen LogP) is 2.54. The zero-order valence-corrected chi connectivity index (χ0v) is 19.9. The number of rotatable bonds is 8. The molecule has 0 saturated carbocycles. The Bertz CT molecular complexity index is 1230. The number of aromatic nitrogens is 3. The smallest absolute Gasteiger partial charge is 0.293 e. The van der Waals surface area contributed by atoms with Gasteiger partial charge in [-0.1, -0.05) is 37.3 Å². The molecule has 1 amide bonds. The van der Waals surface area contributed by atoms with E-state index in [-0.39, 0.29) is 22.7 Å². The SMILES string of the molecule is CCCOC1CCCN(C(=O)c2nc(Cc3ccccc3)n(-c3ccc(S(N)(=O)=O)cc3)n2)C1. The molecule has 1 aliphatic heterocycles. The van der Waals surface area contributed by atoms with Gasteiger partial charge in [0.1, 0.15) is 5.82 Å². The molecule has 1 fully saturated rings. The van der Waals surface area contributed by atoms with Gasteiger partial charge in [-0.2, -0.15) is 0 Å². The van der Waals surface area contributed by atoms with Crippen LogP contribution in [0.2, 0.25) is 0 Å². The Kier molecular flexibility index (Phi) is 7.40. The van der Waals surface area contributed by atoms with E-state index in [9.17, 15) is 13.2 Å². The lowest BCUT2D eigenvalue weighted by atomic mass is 10.1. The molecule has 1 aliphatic rings. The minimum absolute atomic E-state index is 0.00344.